The van der Waals surface area contributed by atoms with Crippen LogP contribution in [0.2, 0.25) is 0 Å². The van der Waals surface area contributed by atoms with Gasteiger partial charge in [-0.05, 0) is 18.2 Å². The molecule has 2 aromatic heterocycles. The number of aromatic nitrogens is 2. The Bertz CT molecular complexity index is 754. The molecule has 3 N–H and O–H groups in total. The molecular weight excluding hydrogens is 259 g/mol. The van der Waals surface area contributed by atoms with Crippen molar-refractivity contribution in [2.24, 2.45) is 0 Å². The molecule has 0 saturated heterocycles. The Morgan fingerprint density at radius 3 is 2.80 bits per heavy atom. The van der Waals surface area contributed by atoms with Crippen LogP contribution in [0.15, 0.2) is 48.8 Å². The number of H-pyrrole nitrogens is 1. The number of nitrogens with one attached hydrogen (secondary N) is 3. The summed E-state index contributed by atoms with van der Waals surface area (Å²) in [5.74, 6) is -0.455. The van der Waals surface area contributed by atoms with Crippen molar-refractivity contribution in [3.05, 3.63) is 54.6 Å². The standard InChI is InChI=1S/C14H11FN4O/c15-9-6-11-12(8-17-13(11)16-7-9)19-14(20)18-10-4-2-1-3-5-10/h1-8H,(H,16,17)(H2,18,19,20). The van der Waals surface area contributed by atoms with Gasteiger partial charge in [0, 0.05) is 17.3 Å². The first-order valence-electron chi connectivity index (χ1n) is 5.98. The number of halogens is 1. The van der Waals surface area contributed by atoms with Crippen molar-refractivity contribution in [2.75, 3.05) is 10.6 Å². The number of amides is 2. The summed E-state index contributed by atoms with van der Waals surface area (Å²) in [4.78, 5) is 18.6. The minimum absolute atomic E-state index is 0.402. The van der Waals surface area contributed by atoms with Crippen molar-refractivity contribution in [2.45, 2.75) is 0 Å². The average molecular weight is 270 g/mol. The van der Waals surface area contributed by atoms with E-state index in [0.717, 1.165) is 6.20 Å². The van der Waals surface area contributed by atoms with E-state index >= 15 is 0 Å². The van der Waals surface area contributed by atoms with E-state index in [4.69, 9.17) is 0 Å². The Kier molecular flexibility index (Phi) is 3.04. The maximum Gasteiger partial charge on any atom is 0.323 e. The zero-order chi connectivity index (χ0) is 13.9. The zero-order valence-corrected chi connectivity index (χ0v) is 10.4. The number of para-hydroxylation sites is 1. The number of pyridine rings is 1. The number of fused-ring (bicyclic) bond motifs is 1. The van der Waals surface area contributed by atoms with Crippen LogP contribution < -0.4 is 10.6 Å². The maximum absolute atomic E-state index is 13.2. The van der Waals surface area contributed by atoms with E-state index in [9.17, 15) is 9.18 Å². The number of carbonyl (C=O) groups is 1. The van der Waals surface area contributed by atoms with Crippen LogP contribution in [0.4, 0.5) is 20.6 Å². The molecule has 0 aliphatic heterocycles. The third kappa shape index (κ3) is 2.44. The summed E-state index contributed by atoms with van der Waals surface area (Å²) < 4.78 is 13.2. The highest BCUT2D eigenvalue weighted by atomic mass is 19.1. The number of aromatic amines is 1. The molecule has 0 fully saturated rings. The Hall–Kier alpha value is -2.89. The van der Waals surface area contributed by atoms with Crippen LogP contribution in [-0.4, -0.2) is 16.0 Å². The van der Waals surface area contributed by atoms with Gasteiger partial charge in [-0.15, -0.1) is 0 Å². The van der Waals surface area contributed by atoms with E-state index in [0.29, 0.717) is 22.4 Å². The third-order valence-corrected chi connectivity index (χ3v) is 2.78. The van der Waals surface area contributed by atoms with Gasteiger partial charge in [0.1, 0.15) is 11.5 Å². The Morgan fingerprint density at radius 2 is 2.00 bits per heavy atom. The van der Waals surface area contributed by atoms with Gasteiger partial charge < -0.3 is 15.6 Å². The molecule has 0 aliphatic carbocycles. The normalized spacial score (nSPS) is 10.4. The SMILES string of the molecule is O=C(Nc1ccccc1)Nc1c[nH]c2ncc(F)cc12. The number of carbonyl (C=O) groups excluding carboxylic acids is 1. The fourth-order valence-electron chi connectivity index (χ4n) is 1.89. The van der Waals surface area contributed by atoms with Crippen molar-refractivity contribution in [3.8, 4) is 0 Å². The molecular formula is C14H11FN4O. The van der Waals surface area contributed by atoms with E-state index in [1.54, 1.807) is 18.3 Å². The molecule has 0 atom stereocenters. The highest BCUT2D eigenvalue weighted by molar-refractivity contribution is 6.05. The molecule has 0 unspecified atom stereocenters. The van der Waals surface area contributed by atoms with Gasteiger partial charge in [-0.2, -0.15) is 0 Å². The molecule has 2 heterocycles. The quantitative estimate of drug-likeness (QED) is 0.668. The highest BCUT2D eigenvalue weighted by Crippen LogP contribution is 2.22. The minimum Gasteiger partial charge on any atom is -0.344 e. The fourth-order valence-corrected chi connectivity index (χ4v) is 1.89. The lowest BCUT2D eigenvalue weighted by atomic mass is 10.3. The van der Waals surface area contributed by atoms with Crippen LogP contribution in [0.1, 0.15) is 0 Å². The van der Waals surface area contributed by atoms with Gasteiger partial charge in [-0.3, -0.25) is 0 Å². The molecule has 3 rings (SSSR count). The number of urea groups is 1. The zero-order valence-electron chi connectivity index (χ0n) is 10.4. The Labute approximate surface area is 113 Å². The topological polar surface area (TPSA) is 69.8 Å². The van der Waals surface area contributed by atoms with Gasteiger partial charge in [-0.1, -0.05) is 18.2 Å². The van der Waals surface area contributed by atoms with E-state index in [1.807, 2.05) is 18.2 Å². The van der Waals surface area contributed by atoms with Gasteiger partial charge >= 0.3 is 6.03 Å². The number of benzene rings is 1. The second-order valence-corrected chi connectivity index (χ2v) is 4.20. The van der Waals surface area contributed by atoms with Crippen LogP contribution in [0.25, 0.3) is 11.0 Å². The molecule has 20 heavy (non-hydrogen) atoms. The van der Waals surface area contributed by atoms with Crippen molar-refractivity contribution in [1.82, 2.24) is 9.97 Å². The van der Waals surface area contributed by atoms with E-state index < -0.39 is 11.8 Å². The lowest BCUT2D eigenvalue weighted by Crippen LogP contribution is -2.19. The minimum atomic E-state index is -0.455. The molecule has 5 nitrogen and oxygen atoms in total. The molecule has 1 aromatic carbocycles. The number of rotatable bonds is 2. The Morgan fingerprint density at radius 1 is 1.20 bits per heavy atom. The number of hydrogen-bond acceptors (Lipinski definition) is 2. The summed E-state index contributed by atoms with van der Waals surface area (Å²) in [6.45, 7) is 0. The second kappa shape index (κ2) is 5.00. The fraction of sp³-hybridized carbons (Fsp3) is 0. The lowest BCUT2D eigenvalue weighted by Gasteiger charge is -2.06. The molecule has 0 aliphatic rings. The van der Waals surface area contributed by atoms with Crippen LogP contribution >= 0.6 is 0 Å². The van der Waals surface area contributed by atoms with Crippen LogP contribution in [0.5, 0.6) is 0 Å². The summed E-state index contributed by atoms with van der Waals surface area (Å²) in [5, 5.41) is 5.86. The predicted molar refractivity (Wildman–Crippen MR) is 75.1 cm³/mol. The largest absolute Gasteiger partial charge is 0.344 e. The number of nitrogens with zero attached hydrogens (tertiary/aromatic N) is 1. The predicted octanol–water partition coefficient (Wildman–Crippen LogP) is 3.35. The van der Waals surface area contributed by atoms with Crippen molar-refractivity contribution in [3.63, 3.8) is 0 Å². The van der Waals surface area contributed by atoms with Crippen LogP contribution in [0.3, 0.4) is 0 Å². The third-order valence-electron chi connectivity index (χ3n) is 2.78. The van der Waals surface area contributed by atoms with Crippen molar-refractivity contribution in [1.29, 1.82) is 0 Å². The monoisotopic (exact) mass is 270 g/mol. The first-order chi connectivity index (χ1) is 9.72. The summed E-state index contributed by atoms with van der Waals surface area (Å²) in [6, 6.07) is 9.96. The summed E-state index contributed by atoms with van der Waals surface area (Å²) in [5.41, 5.74) is 1.66. The van der Waals surface area contributed by atoms with Gasteiger partial charge in [0.2, 0.25) is 0 Å². The van der Waals surface area contributed by atoms with Crippen LogP contribution in [-0.2, 0) is 0 Å². The van der Waals surface area contributed by atoms with Gasteiger partial charge in [-0.25, -0.2) is 14.2 Å². The number of anilines is 2. The Balaban J connectivity index is 1.79. The van der Waals surface area contributed by atoms with Crippen LogP contribution in [0, 0.1) is 5.82 Å². The van der Waals surface area contributed by atoms with Gasteiger partial charge in [0.25, 0.3) is 0 Å². The van der Waals surface area contributed by atoms with Gasteiger partial charge in [0.15, 0.2) is 0 Å². The van der Waals surface area contributed by atoms with Gasteiger partial charge in [0.05, 0.1) is 11.9 Å². The molecule has 0 bridgehead atoms. The van der Waals surface area contributed by atoms with E-state index in [-0.39, 0.29) is 0 Å². The summed E-state index contributed by atoms with van der Waals surface area (Å²) >= 11 is 0. The molecule has 0 radical (unpaired) electrons. The lowest BCUT2D eigenvalue weighted by molar-refractivity contribution is 0.262. The summed E-state index contributed by atoms with van der Waals surface area (Å²) in [6.07, 6.45) is 2.69. The molecule has 0 saturated carbocycles. The van der Waals surface area contributed by atoms with Crippen molar-refractivity contribution < 1.29 is 9.18 Å². The first-order valence-corrected chi connectivity index (χ1v) is 5.98. The number of hydrogen-bond donors (Lipinski definition) is 3. The van der Waals surface area contributed by atoms with Crippen molar-refractivity contribution >= 4 is 28.4 Å². The maximum atomic E-state index is 13.2. The molecule has 0 spiro atoms. The second-order valence-electron chi connectivity index (χ2n) is 4.20. The first kappa shape index (κ1) is 12.2. The van der Waals surface area contributed by atoms with E-state index in [2.05, 4.69) is 20.6 Å². The smallest absolute Gasteiger partial charge is 0.323 e. The molecule has 100 valence electrons. The average Bonchev–Trinajstić information content (AvgIpc) is 2.82. The highest BCUT2D eigenvalue weighted by Gasteiger charge is 2.09. The van der Waals surface area contributed by atoms with E-state index in [1.165, 1.54) is 6.07 Å². The summed E-state index contributed by atoms with van der Waals surface area (Å²) in [7, 11) is 0. The molecule has 3 aromatic rings. The molecule has 6 heteroatoms. The molecule has 2 amide bonds.